The van der Waals surface area contributed by atoms with E-state index in [4.69, 9.17) is 17.0 Å². The van der Waals surface area contributed by atoms with E-state index in [-0.39, 0.29) is 11.7 Å². The topological polar surface area (TPSA) is 116 Å². The highest BCUT2D eigenvalue weighted by atomic mass is 32.2. The molecule has 0 spiro atoms. The predicted octanol–water partition coefficient (Wildman–Crippen LogP) is 4.68. The summed E-state index contributed by atoms with van der Waals surface area (Å²) in [5, 5.41) is 22.0. The molecule has 1 aliphatic rings. The zero-order valence-electron chi connectivity index (χ0n) is 15.2. The number of nitrogens with zero attached hydrogens (tertiary/aromatic N) is 3. The van der Waals surface area contributed by atoms with Crippen LogP contribution in [0.3, 0.4) is 0 Å². The van der Waals surface area contributed by atoms with Crippen molar-refractivity contribution in [3.05, 3.63) is 85.8 Å². The average molecular weight is 443 g/mol. The fraction of sp³-hybridized carbons (Fsp3) is 0.0526. The number of hydrogen-bond donors (Lipinski definition) is 0. The summed E-state index contributed by atoms with van der Waals surface area (Å²) in [6.45, 7) is 3.94. The Morgan fingerprint density at radius 1 is 1.13 bits per heavy atom. The van der Waals surface area contributed by atoms with Gasteiger partial charge >= 0.3 is 5.69 Å². The van der Waals surface area contributed by atoms with E-state index in [1.807, 2.05) is 0 Å². The monoisotopic (exact) mass is 443 g/mol. The predicted molar refractivity (Wildman–Crippen MR) is 116 cm³/mol. The molecule has 0 atom stereocenters. The van der Waals surface area contributed by atoms with Crippen LogP contribution in [-0.2, 0) is 4.79 Å². The van der Waals surface area contributed by atoms with Crippen LogP contribution in [0.15, 0.2) is 60.0 Å². The van der Waals surface area contributed by atoms with Crippen molar-refractivity contribution in [3.63, 3.8) is 0 Å². The maximum atomic E-state index is 12.4. The van der Waals surface area contributed by atoms with E-state index >= 15 is 0 Å². The summed E-state index contributed by atoms with van der Waals surface area (Å²) < 4.78 is 5.98. The number of carbonyl (C=O) groups excluding carboxylic acids is 1. The second-order valence-electron chi connectivity index (χ2n) is 5.92. The Morgan fingerprint density at radius 3 is 2.43 bits per heavy atom. The SMILES string of the molecule is C=CCN1C(=O)/C(=C\c2ccc(Oc3ccc([N+](=O)[O-])cc3[N+](=O)[O-])cc2)SC1=S. The zero-order chi connectivity index (χ0) is 21.8. The number of thioether (sulfide) groups is 1. The van der Waals surface area contributed by atoms with Gasteiger partial charge in [0, 0.05) is 12.6 Å². The highest BCUT2D eigenvalue weighted by Gasteiger charge is 2.30. The molecule has 0 N–H and O–H groups in total. The summed E-state index contributed by atoms with van der Waals surface area (Å²) in [5.74, 6) is -0.0290. The van der Waals surface area contributed by atoms with Crippen LogP contribution < -0.4 is 4.74 Å². The van der Waals surface area contributed by atoms with E-state index in [9.17, 15) is 25.0 Å². The van der Waals surface area contributed by atoms with Crippen molar-refractivity contribution in [1.82, 2.24) is 4.90 Å². The first kappa shape index (κ1) is 21.1. The minimum atomic E-state index is -0.748. The maximum absolute atomic E-state index is 12.4. The fourth-order valence-electron chi connectivity index (χ4n) is 2.55. The third kappa shape index (κ3) is 4.53. The summed E-state index contributed by atoms with van der Waals surface area (Å²) in [7, 11) is 0. The number of benzene rings is 2. The first-order valence-electron chi connectivity index (χ1n) is 8.37. The van der Waals surface area contributed by atoms with Crippen LogP contribution in [0.1, 0.15) is 5.56 Å². The number of nitro groups is 2. The van der Waals surface area contributed by atoms with Crippen LogP contribution in [-0.4, -0.2) is 31.5 Å². The number of thiocarbonyl (C=S) groups is 1. The number of amides is 1. The van der Waals surface area contributed by atoms with Crippen molar-refractivity contribution < 1.29 is 19.4 Å². The van der Waals surface area contributed by atoms with Crippen molar-refractivity contribution in [2.24, 2.45) is 0 Å². The molecule has 2 aromatic rings. The summed E-state index contributed by atoms with van der Waals surface area (Å²) in [4.78, 5) is 34.8. The summed E-state index contributed by atoms with van der Waals surface area (Å²) in [5.41, 5.74) is -0.211. The summed E-state index contributed by atoms with van der Waals surface area (Å²) in [6.07, 6.45) is 3.28. The van der Waals surface area contributed by atoms with E-state index in [1.165, 1.54) is 22.7 Å². The van der Waals surface area contributed by atoms with E-state index in [0.717, 1.165) is 12.1 Å². The van der Waals surface area contributed by atoms with Crippen LogP contribution in [0.5, 0.6) is 11.5 Å². The quantitative estimate of drug-likeness (QED) is 0.199. The molecule has 1 amide bonds. The van der Waals surface area contributed by atoms with Crippen molar-refractivity contribution in [2.45, 2.75) is 0 Å². The highest BCUT2D eigenvalue weighted by molar-refractivity contribution is 8.26. The van der Waals surface area contributed by atoms with Crippen molar-refractivity contribution in [1.29, 1.82) is 0 Å². The Bertz CT molecular complexity index is 1100. The molecule has 0 unspecified atom stereocenters. The van der Waals surface area contributed by atoms with E-state index < -0.39 is 21.2 Å². The van der Waals surface area contributed by atoms with E-state index in [1.54, 1.807) is 36.4 Å². The van der Waals surface area contributed by atoms with E-state index in [0.29, 0.717) is 27.1 Å². The van der Waals surface area contributed by atoms with Gasteiger partial charge in [-0.05, 0) is 29.8 Å². The number of nitro benzene ring substituents is 2. The number of rotatable bonds is 7. The standard InChI is InChI=1S/C19H13N3O6S2/c1-2-9-20-18(23)17(30-19(20)29)10-12-3-6-14(7-4-12)28-16-8-5-13(21(24)25)11-15(16)22(26)27/h2-8,10-11H,1,9H2/b17-10+. The molecule has 30 heavy (non-hydrogen) atoms. The highest BCUT2D eigenvalue weighted by Crippen LogP contribution is 2.35. The Morgan fingerprint density at radius 2 is 1.83 bits per heavy atom. The molecule has 2 aromatic carbocycles. The third-order valence-corrected chi connectivity index (χ3v) is 5.32. The fourth-order valence-corrected chi connectivity index (χ4v) is 3.82. The normalized spacial score (nSPS) is 14.8. The molecule has 3 rings (SSSR count). The van der Waals surface area contributed by atoms with Gasteiger partial charge in [0.25, 0.3) is 11.6 Å². The summed E-state index contributed by atoms with van der Waals surface area (Å²) in [6, 6.07) is 9.63. The minimum absolute atomic E-state index is 0.122. The number of non-ortho nitro benzene ring substituents is 1. The molecule has 0 saturated carbocycles. The van der Waals surface area contributed by atoms with Crippen LogP contribution >= 0.6 is 24.0 Å². The molecule has 0 bridgehead atoms. The lowest BCUT2D eigenvalue weighted by Crippen LogP contribution is -2.27. The number of carbonyl (C=O) groups is 1. The first-order valence-corrected chi connectivity index (χ1v) is 9.59. The lowest BCUT2D eigenvalue weighted by Gasteiger charge is -2.10. The molecule has 1 saturated heterocycles. The van der Waals surface area contributed by atoms with Gasteiger partial charge < -0.3 is 4.74 Å². The molecular weight excluding hydrogens is 430 g/mol. The summed E-state index contributed by atoms with van der Waals surface area (Å²) >= 11 is 6.38. The molecular formula is C19H13N3O6S2. The molecule has 0 aliphatic carbocycles. The minimum Gasteiger partial charge on any atom is -0.450 e. The van der Waals surface area contributed by atoms with Gasteiger partial charge in [-0.15, -0.1) is 6.58 Å². The first-order chi connectivity index (χ1) is 14.3. The van der Waals surface area contributed by atoms with Gasteiger partial charge in [-0.2, -0.15) is 0 Å². The van der Waals surface area contributed by atoms with Crippen LogP contribution in [0.25, 0.3) is 6.08 Å². The Hall–Kier alpha value is -3.57. The third-order valence-electron chi connectivity index (χ3n) is 3.94. The van der Waals surface area contributed by atoms with Crippen LogP contribution in [0, 0.1) is 20.2 Å². The van der Waals surface area contributed by atoms with Crippen molar-refractivity contribution in [3.8, 4) is 11.5 Å². The smallest absolute Gasteiger partial charge is 0.318 e. The van der Waals surface area contributed by atoms with Crippen LogP contribution in [0.2, 0.25) is 0 Å². The second-order valence-corrected chi connectivity index (χ2v) is 7.59. The molecule has 1 fully saturated rings. The maximum Gasteiger partial charge on any atom is 0.318 e. The van der Waals surface area contributed by atoms with Gasteiger partial charge in [-0.3, -0.25) is 29.9 Å². The Labute approximate surface area is 179 Å². The number of hydrogen-bond acceptors (Lipinski definition) is 8. The molecule has 0 radical (unpaired) electrons. The van der Waals surface area contributed by atoms with Crippen molar-refractivity contribution >= 4 is 51.7 Å². The van der Waals surface area contributed by atoms with Crippen LogP contribution in [0.4, 0.5) is 11.4 Å². The van der Waals surface area contributed by atoms with Gasteiger partial charge in [0.1, 0.15) is 10.1 Å². The van der Waals surface area contributed by atoms with Gasteiger partial charge in [0.2, 0.25) is 5.75 Å². The largest absolute Gasteiger partial charge is 0.450 e. The lowest BCUT2D eigenvalue weighted by atomic mass is 10.2. The molecule has 1 aliphatic heterocycles. The zero-order valence-corrected chi connectivity index (χ0v) is 16.9. The van der Waals surface area contributed by atoms with Crippen molar-refractivity contribution in [2.75, 3.05) is 6.54 Å². The molecule has 9 nitrogen and oxygen atoms in total. The number of ether oxygens (including phenoxy) is 1. The molecule has 152 valence electrons. The average Bonchev–Trinajstić information content (AvgIpc) is 2.97. The molecule has 1 heterocycles. The second kappa shape index (κ2) is 8.84. The Balaban J connectivity index is 1.80. The van der Waals surface area contributed by atoms with Gasteiger partial charge in [0.15, 0.2) is 0 Å². The molecule has 0 aromatic heterocycles. The van der Waals surface area contributed by atoms with Gasteiger partial charge in [0.05, 0.1) is 20.8 Å². The Kier molecular flexibility index (Phi) is 6.23. The molecule has 11 heteroatoms. The lowest BCUT2D eigenvalue weighted by molar-refractivity contribution is -0.394. The van der Waals surface area contributed by atoms with Gasteiger partial charge in [-0.1, -0.05) is 42.2 Å². The van der Waals surface area contributed by atoms with E-state index in [2.05, 4.69) is 6.58 Å². The van der Waals surface area contributed by atoms with Gasteiger partial charge in [-0.25, -0.2) is 0 Å².